The van der Waals surface area contributed by atoms with E-state index in [2.05, 4.69) is 20.5 Å². The minimum atomic E-state index is -4.71. The molecule has 9 nitrogen and oxygen atoms in total. The van der Waals surface area contributed by atoms with E-state index < -0.39 is 29.9 Å². The summed E-state index contributed by atoms with van der Waals surface area (Å²) in [6.07, 6.45) is -3.64. The quantitative estimate of drug-likeness (QED) is 0.149. The number of carbonyl (C=O) groups excluding carboxylic acids is 1. The highest BCUT2D eigenvalue weighted by atomic mass is 19.4. The van der Waals surface area contributed by atoms with E-state index in [1.807, 2.05) is 24.3 Å². The van der Waals surface area contributed by atoms with E-state index in [9.17, 15) is 18.0 Å². The van der Waals surface area contributed by atoms with Gasteiger partial charge in [-0.05, 0) is 60.0 Å². The number of hydrogen-bond donors (Lipinski definition) is 1. The summed E-state index contributed by atoms with van der Waals surface area (Å²) in [5.74, 6) is 0.0563. The van der Waals surface area contributed by atoms with Crippen LogP contribution in [-0.2, 0) is 24.0 Å². The van der Waals surface area contributed by atoms with E-state index in [4.69, 9.17) is 18.6 Å². The number of halogens is 4. The lowest BCUT2D eigenvalue weighted by molar-refractivity contribution is -0.137. The van der Waals surface area contributed by atoms with Crippen molar-refractivity contribution >= 4 is 11.6 Å². The first-order valence-corrected chi connectivity index (χ1v) is 14.0. The molecule has 238 valence electrons. The molecule has 0 unspecified atom stereocenters. The Balaban J connectivity index is 1.30. The zero-order valence-electron chi connectivity index (χ0n) is 24.9. The minimum absolute atomic E-state index is 0.0304. The fourth-order valence-electron chi connectivity index (χ4n) is 4.51. The van der Waals surface area contributed by atoms with Crippen molar-refractivity contribution in [1.29, 1.82) is 0 Å². The highest BCUT2D eigenvalue weighted by Crippen LogP contribution is 2.36. The van der Waals surface area contributed by atoms with Gasteiger partial charge in [-0.3, -0.25) is 4.79 Å². The third-order valence-corrected chi connectivity index (χ3v) is 6.72. The Hall–Kier alpha value is -5.46. The molecule has 0 saturated heterocycles. The summed E-state index contributed by atoms with van der Waals surface area (Å²) >= 11 is 0. The largest absolute Gasteiger partial charge is 0.497 e. The molecule has 1 amide bonds. The third-order valence-electron chi connectivity index (χ3n) is 6.72. The van der Waals surface area contributed by atoms with Crippen molar-refractivity contribution in [3.8, 4) is 40.0 Å². The number of rotatable bonds is 11. The number of anilines is 1. The monoisotopic (exact) mass is 636 g/mol. The molecule has 3 aromatic carbocycles. The minimum Gasteiger partial charge on any atom is -0.497 e. The molecule has 0 fully saturated rings. The van der Waals surface area contributed by atoms with E-state index in [0.29, 0.717) is 29.4 Å². The highest BCUT2D eigenvalue weighted by molar-refractivity contribution is 5.93. The Bertz CT molecular complexity index is 1840. The average molecular weight is 637 g/mol. The molecule has 0 saturated carbocycles. The zero-order chi connectivity index (χ0) is 32.8. The summed E-state index contributed by atoms with van der Waals surface area (Å²) in [5, 5.41) is 9.80. The smallest absolute Gasteiger partial charge is 0.416 e. The summed E-state index contributed by atoms with van der Waals surface area (Å²) in [6, 6.07) is 16.1. The zero-order valence-corrected chi connectivity index (χ0v) is 24.9. The first-order valence-electron chi connectivity index (χ1n) is 14.0. The maximum absolute atomic E-state index is 15.3. The van der Waals surface area contributed by atoms with Gasteiger partial charge in [0.05, 0.1) is 25.7 Å². The molecule has 0 radical (unpaired) electrons. The van der Waals surface area contributed by atoms with Crippen molar-refractivity contribution in [2.75, 3.05) is 19.0 Å². The highest BCUT2D eigenvalue weighted by Gasteiger charge is 2.32. The van der Waals surface area contributed by atoms with Gasteiger partial charge in [-0.2, -0.15) is 13.2 Å². The molecule has 5 rings (SSSR count). The fraction of sp³-hybridized carbons (Fsp3) is 0.212. The van der Waals surface area contributed by atoms with Gasteiger partial charge < -0.3 is 23.9 Å². The molecule has 46 heavy (non-hydrogen) atoms. The van der Waals surface area contributed by atoms with Crippen LogP contribution in [-0.4, -0.2) is 34.8 Å². The summed E-state index contributed by atoms with van der Waals surface area (Å²) in [4.78, 5) is 17.2. The van der Waals surface area contributed by atoms with Gasteiger partial charge in [0.2, 0.25) is 23.6 Å². The van der Waals surface area contributed by atoms with Gasteiger partial charge in [0, 0.05) is 36.0 Å². The van der Waals surface area contributed by atoms with Crippen LogP contribution in [0.5, 0.6) is 17.4 Å². The normalized spacial score (nSPS) is 11.3. The number of nitrogens with zero attached hydrogens (tertiary/aromatic N) is 3. The van der Waals surface area contributed by atoms with Gasteiger partial charge in [-0.1, -0.05) is 24.3 Å². The second kappa shape index (κ2) is 13.7. The second-order valence-electron chi connectivity index (χ2n) is 10.0. The van der Waals surface area contributed by atoms with Crippen LogP contribution in [0.1, 0.15) is 29.5 Å². The number of alkyl halides is 3. The Labute approximate surface area is 261 Å². The molecular formula is C33H28F4N4O5. The topological polar surface area (TPSA) is 109 Å². The van der Waals surface area contributed by atoms with Gasteiger partial charge in [-0.15, -0.1) is 10.2 Å². The first-order chi connectivity index (χ1) is 22.0. The number of hydrogen-bond acceptors (Lipinski definition) is 8. The van der Waals surface area contributed by atoms with Crippen molar-refractivity contribution in [1.82, 2.24) is 15.2 Å². The SMILES string of the molecule is CCOc1cc(OCc2ccc(OC)cc2)ncc1-c1ccc(CC(=O)Nc2cc(-c3nnc(C)o3)cc(C(F)(F)F)c2)c(F)c1. The fourth-order valence-corrected chi connectivity index (χ4v) is 4.51. The second-order valence-corrected chi connectivity index (χ2v) is 10.0. The van der Waals surface area contributed by atoms with Crippen LogP contribution in [0.15, 0.2) is 77.3 Å². The Morgan fingerprint density at radius 1 is 0.957 bits per heavy atom. The molecule has 0 bridgehead atoms. The lowest BCUT2D eigenvalue weighted by atomic mass is 10.0. The molecule has 5 aromatic rings. The van der Waals surface area contributed by atoms with Gasteiger partial charge in [0.25, 0.3) is 0 Å². The third kappa shape index (κ3) is 7.78. The molecule has 1 N–H and O–H groups in total. The Kier molecular flexibility index (Phi) is 9.50. The lowest BCUT2D eigenvalue weighted by Gasteiger charge is -2.14. The number of methoxy groups -OCH3 is 1. The number of nitrogens with one attached hydrogen (secondary N) is 1. The molecule has 0 aliphatic carbocycles. The summed E-state index contributed by atoms with van der Waals surface area (Å²) < 4.78 is 77.9. The maximum atomic E-state index is 15.3. The molecule has 0 spiro atoms. The van der Waals surface area contributed by atoms with E-state index >= 15 is 4.39 Å². The van der Waals surface area contributed by atoms with Crippen molar-refractivity contribution in [2.24, 2.45) is 0 Å². The van der Waals surface area contributed by atoms with E-state index in [1.165, 1.54) is 31.3 Å². The van der Waals surface area contributed by atoms with Crippen LogP contribution < -0.4 is 19.5 Å². The standard InChI is InChI=1S/C33H28F4N4O5/c1-4-44-29-16-31(45-18-20-5-9-26(43-3)10-6-20)38-17-27(29)21-7-8-22(28(34)13-21)14-30(42)39-25-12-23(32-41-40-19(2)46-32)11-24(15-25)33(35,36)37/h5-13,15-17H,4,14,18H2,1-3H3,(H,39,42). The predicted molar refractivity (Wildman–Crippen MR) is 160 cm³/mol. The summed E-state index contributed by atoms with van der Waals surface area (Å²) in [6.45, 7) is 3.89. The molecule has 0 aliphatic heterocycles. The molecule has 0 aliphatic rings. The summed E-state index contributed by atoms with van der Waals surface area (Å²) in [7, 11) is 1.59. The molecule has 2 heterocycles. The van der Waals surface area contributed by atoms with Gasteiger partial charge >= 0.3 is 6.18 Å². The predicted octanol–water partition coefficient (Wildman–Crippen LogP) is 7.43. The van der Waals surface area contributed by atoms with Crippen LogP contribution in [0.4, 0.5) is 23.2 Å². The Morgan fingerprint density at radius 2 is 1.74 bits per heavy atom. The van der Waals surface area contributed by atoms with Gasteiger partial charge in [0.1, 0.15) is 23.9 Å². The van der Waals surface area contributed by atoms with Crippen LogP contribution >= 0.6 is 0 Å². The van der Waals surface area contributed by atoms with Crippen LogP contribution in [0.25, 0.3) is 22.6 Å². The molecule has 2 aromatic heterocycles. The van der Waals surface area contributed by atoms with E-state index in [1.54, 1.807) is 26.2 Å². The number of aryl methyl sites for hydroxylation is 1. The molecule has 0 atom stereocenters. The van der Waals surface area contributed by atoms with Gasteiger partial charge in [0.15, 0.2) is 0 Å². The number of carbonyl (C=O) groups is 1. The number of pyridine rings is 1. The Morgan fingerprint density at radius 3 is 2.39 bits per heavy atom. The number of ether oxygens (including phenoxy) is 3. The van der Waals surface area contributed by atoms with Crippen molar-refractivity contribution in [2.45, 2.75) is 33.1 Å². The molecule has 13 heteroatoms. The maximum Gasteiger partial charge on any atom is 0.416 e. The van der Waals surface area contributed by atoms with Crippen molar-refractivity contribution < 1.29 is 41.0 Å². The van der Waals surface area contributed by atoms with E-state index in [-0.39, 0.29) is 35.2 Å². The van der Waals surface area contributed by atoms with Crippen LogP contribution in [0, 0.1) is 12.7 Å². The number of amides is 1. The average Bonchev–Trinajstić information content (AvgIpc) is 3.47. The number of benzene rings is 3. The van der Waals surface area contributed by atoms with Crippen LogP contribution in [0.2, 0.25) is 0 Å². The first kappa shape index (κ1) is 31.9. The van der Waals surface area contributed by atoms with Crippen molar-refractivity contribution in [3.63, 3.8) is 0 Å². The van der Waals surface area contributed by atoms with E-state index in [0.717, 1.165) is 23.4 Å². The van der Waals surface area contributed by atoms with Gasteiger partial charge in [-0.25, -0.2) is 9.37 Å². The lowest BCUT2D eigenvalue weighted by Crippen LogP contribution is -2.16. The van der Waals surface area contributed by atoms with Crippen LogP contribution in [0.3, 0.4) is 0 Å². The summed E-state index contributed by atoms with van der Waals surface area (Å²) in [5.41, 5.74) is 0.662. The number of aromatic nitrogens is 3. The van der Waals surface area contributed by atoms with Crippen molar-refractivity contribution in [3.05, 3.63) is 101 Å². The molecular weight excluding hydrogens is 608 g/mol.